The van der Waals surface area contributed by atoms with Crippen LogP contribution in [0.1, 0.15) is 24.9 Å². The molecular weight excluding hydrogens is 244 g/mol. The fraction of sp³-hybridized carbons (Fsp3) is 0.333. The van der Waals surface area contributed by atoms with Gasteiger partial charge in [-0.25, -0.2) is 13.6 Å². The zero-order chi connectivity index (χ0) is 13.7. The summed E-state index contributed by atoms with van der Waals surface area (Å²) in [5.74, 6) is -3.14. The van der Waals surface area contributed by atoms with E-state index in [9.17, 15) is 18.4 Å². The molecule has 1 unspecified atom stereocenters. The minimum absolute atomic E-state index is 0.178. The molecule has 0 aromatic heterocycles. The van der Waals surface area contributed by atoms with E-state index in [0.717, 1.165) is 17.0 Å². The molecule has 98 valence electrons. The molecule has 0 saturated carbocycles. The lowest BCUT2D eigenvalue weighted by Crippen LogP contribution is -2.34. The van der Waals surface area contributed by atoms with Gasteiger partial charge in [0.15, 0.2) is 6.04 Å². The summed E-state index contributed by atoms with van der Waals surface area (Å²) in [5.41, 5.74) is -0.232. The zero-order valence-electron chi connectivity index (χ0n) is 9.77. The van der Waals surface area contributed by atoms with Crippen LogP contribution in [0.4, 0.5) is 8.78 Å². The van der Waals surface area contributed by atoms with Crippen molar-refractivity contribution >= 4 is 12.4 Å². The largest absolute Gasteiger partial charge is 0.479 e. The molecule has 1 aromatic carbocycles. The Labute approximate surface area is 103 Å². The number of aliphatic carboxylic acids is 1. The summed E-state index contributed by atoms with van der Waals surface area (Å²) in [6.07, 6.45) is 0.885. The Kier molecular flexibility index (Phi) is 4.76. The van der Waals surface area contributed by atoms with Gasteiger partial charge in [0, 0.05) is 18.2 Å². The summed E-state index contributed by atoms with van der Waals surface area (Å²) in [7, 11) is 0. The van der Waals surface area contributed by atoms with Gasteiger partial charge in [0.1, 0.15) is 11.6 Å². The zero-order valence-corrected chi connectivity index (χ0v) is 9.77. The van der Waals surface area contributed by atoms with Gasteiger partial charge in [0.25, 0.3) is 0 Å². The highest BCUT2D eigenvalue weighted by atomic mass is 19.1. The average Bonchev–Trinajstić information content (AvgIpc) is 2.30. The second-order valence-electron chi connectivity index (χ2n) is 3.75. The third-order valence-corrected chi connectivity index (χ3v) is 2.44. The summed E-state index contributed by atoms with van der Waals surface area (Å²) in [5, 5.41) is 9.09. The topological polar surface area (TPSA) is 57.6 Å². The van der Waals surface area contributed by atoms with Crippen LogP contribution in [0.25, 0.3) is 0 Å². The standard InChI is InChI=1S/C12H13F2NO3/c1-2-5-15(7-16)11(12(17)18)9-4-3-8(13)6-10(9)14/h3-4,6-7,11H,2,5H2,1H3,(H,17,18). The highest BCUT2D eigenvalue weighted by molar-refractivity contribution is 5.78. The molecule has 1 aromatic rings. The van der Waals surface area contributed by atoms with Crippen molar-refractivity contribution in [2.24, 2.45) is 0 Å². The number of amides is 1. The Bertz CT molecular complexity index is 451. The molecule has 0 fully saturated rings. The predicted octanol–water partition coefficient (Wildman–Crippen LogP) is 1.96. The molecule has 1 rings (SSSR count). The molecule has 6 heteroatoms. The highest BCUT2D eigenvalue weighted by Gasteiger charge is 2.28. The number of halogens is 2. The quantitative estimate of drug-likeness (QED) is 0.792. The number of rotatable bonds is 6. The van der Waals surface area contributed by atoms with Crippen LogP contribution in [0.15, 0.2) is 18.2 Å². The van der Waals surface area contributed by atoms with Gasteiger partial charge in [-0.05, 0) is 12.5 Å². The third kappa shape index (κ3) is 3.03. The molecule has 1 amide bonds. The number of carbonyl (C=O) groups is 2. The second kappa shape index (κ2) is 6.09. The van der Waals surface area contributed by atoms with Crippen LogP contribution in [0.3, 0.4) is 0 Å². The fourth-order valence-electron chi connectivity index (χ4n) is 1.68. The second-order valence-corrected chi connectivity index (χ2v) is 3.75. The summed E-state index contributed by atoms with van der Waals surface area (Å²) in [6, 6.07) is 1.15. The van der Waals surface area contributed by atoms with Gasteiger partial charge in [-0.15, -0.1) is 0 Å². The SMILES string of the molecule is CCCN(C=O)C(C(=O)O)c1ccc(F)cc1F. The van der Waals surface area contributed by atoms with Crippen LogP contribution >= 0.6 is 0 Å². The molecular formula is C12H13F2NO3. The van der Waals surface area contributed by atoms with Crippen molar-refractivity contribution in [3.8, 4) is 0 Å². The molecule has 1 N–H and O–H groups in total. The Morgan fingerprint density at radius 2 is 2.17 bits per heavy atom. The van der Waals surface area contributed by atoms with E-state index in [-0.39, 0.29) is 12.1 Å². The van der Waals surface area contributed by atoms with Crippen LogP contribution in [0.2, 0.25) is 0 Å². The van der Waals surface area contributed by atoms with Crippen molar-refractivity contribution in [3.05, 3.63) is 35.4 Å². The van der Waals surface area contributed by atoms with E-state index in [0.29, 0.717) is 18.9 Å². The maximum atomic E-state index is 13.6. The summed E-state index contributed by atoms with van der Waals surface area (Å²) in [4.78, 5) is 23.0. The predicted molar refractivity (Wildman–Crippen MR) is 59.8 cm³/mol. The van der Waals surface area contributed by atoms with Crippen molar-refractivity contribution in [2.45, 2.75) is 19.4 Å². The lowest BCUT2D eigenvalue weighted by atomic mass is 10.0. The molecule has 0 aliphatic carbocycles. The fourth-order valence-corrected chi connectivity index (χ4v) is 1.68. The van der Waals surface area contributed by atoms with Crippen molar-refractivity contribution < 1.29 is 23.5 Å². The first-order chi connectivity index (χ1) is 8.51. The molecule has 0 spiro atoms. The van der Waals surface area contributed by atoms with Gasteiger partial charge in [-0.3, -0.25) is 4.79 Å². The van der Waals surface area contributed by atoms with Crippen LogP contribution in [-0.4, -0.2) is 28.9 Å². The Morgan fingerprint density at radius 1 is 1.50 bits per heavy atom. The third-order valence-electron chi connectivity index (χ3n) is 2.44. The first-order valence-corrected chi connectivity index (χ1v) is 5.40. The molecule has 0 bridgehead atoms. The summed E-state index contributed by atoms with van der Waals surface area (Å²) >= 11 is 0. The first kappa shape index (κ1) is 14.1. The number of carboxylic acids is 1. The van der Waals surface area contributed by atoms with E-state index in [2.05, 4.69) is 0 Å². The molecule has 0 aliphatic heterocycles. The monoisotopic (exact) mass is 257 g/mol. The molecule has 1 atom stereocenters. The van der Waals surface area contributed by atoms with Gasteiger partial charge >= 0.3 is 5.97 Å². The van der Waals surface area contributed by atoms with Crippen LogP contribution in [0.5, 0.6) is 0 Å². The van der Waals surface area contributed by atoms with Gasteiger partial charge in [-0.1, -0.05) is 13.0 Å². The maximum absolute atomic E-state index is 13.6. The van der Waals surface area contributed by atoms with E-state index >= 15 is 0 Å². The number of carbonyl (C=O) groups excluding carboxylic acids is 1. The minimum Gasteiger partial charge on any atom is -0.479 e. The number of carboxylic acid groups (broad SMARTS) is 1. The van der Waals surface area contributed by atoms with Crippen molar-refractivity contribution in [1.29, 1.82) is 0 Å². The normalized spacial score (nSPS) is 11.9. The van der Waals surface area contributed by atoms with Gasteiger partial charge < -0.3 is 10.0 Å². The molecule has 0 radical (unpaired) electrons. The Morgan fingerprint density at radius 3 is 2.61 bits per heavy atom. The number of nitrogens with zero attached hydrogens (tertiary/aromatic N) is 1. The number of hydrogen-bond donors (Lipinski definition) is 1. The molecule has 4 nitrogen and oxygen atoms in total. The Hall–Kier alpha value is -1.98. The summed E-state index contributed by atoms with van der Waals surface area (Å²) < 4.78 is 26.3. The molecule has 0 saturated heterocycles. The molecule has 0 heterocycles. The smallest absolute Gasteiger partial charge is 0.331 e. The molecule has 18 heavy (non-hydrogen) atoms. The number of benzene rings is 1. The van der Waals surface area contributed by atoms with Gasteiger partial charge in [0.05, 0.1) is 0 Å². The van der Waals surface area contributed by atoms with E-state index < -0.39 is 23.6 Å². The minimum atomic E-state index is -1.44. The van der Waals surface area contributed by atoms with E-state index in [4.69, 9.17) is 5.11 Å². The van der Waals surface area contributed by atoms with Crippen molar-refractivity contribution in [3.63, 3.8) is 0 Å². The maximum Gasteiger partial charge on any atom is 0.331 e. The van der Waals surface area contributed by atoms with Gasteiger partial charge in [-0.2, -0.15) is 0 Å². The molecule has 0 aliphatic rings. The number of hydrogen-bond acceptors (Lipinski definition) is 2. The van der Waals surface area contributed by atoms with E-state index in [1.807, 2.05) is 0 Å². The van der Waals surface area contributed by atoms with E-state index in [1.165, 1.54) is 0 Å². The lowest BCUT2D eigenvalue weighted by Gasteiger charge is -2.25. The van der Waals surface area contributed by atoms with Crippen LogP contribution in [-0.2, 0) is 9.59 Å². The van der Waals surface area contributed by atoms with E-state index in [1.54, 1.807) is 6.92 Å². The van der Waals surface area contributed by atoms with Gasteiger partial charge in [0.2, 0.25) is 6.41 Å². The van der Waals surface area contributed by atoms with Crippen LogP contribution < -0.4 is 0 Å². The lowest BCUT2D eigenvalue weighted by molar-refractivity contribution is -0.146. The average molecular weight is 257 g/mol. The highest BCUT2D eigenvalue weighted by Crippen LogP contribution is 2.23. The van der Waals surface area contributed by atoms with Crippen molar-refractivity contribution in [2.75, 3.05) is 6.54 Å². The van der Waals surface area contributed by atoms with Crippen molar-refractivity contribution in [1.82, 2.24) is 4.90 Å². The summed E-state index contributed by atoms with van der Waals surface area (Å²) in [6.45, 7) is 1.94. The first-order valence-electron chi connectivity index (χ1n) is 5.40. The van der Waals surface area contributed by atoms with Crippen LogP contribution in [0, 0.1) is 11.6 Å². The Balaban J connectivity index is 3.18.